The van der Waals surface area contributed by atoms with Gasteiger partial charge in [-0.3, -0.25) is 0 Å². The van der Waals surface area contributed by atoms with Crippen molar-refractivity contribution in [1.82, 2.24) is 13.5 Å². The maximum Gasteiger partial charge on any atom is 0.321 e. The number of amides is 2. The molecule has 0 radical (unpaired) electrons. The van der Waals surface area contributed by atoms with Crippen LogP contribution in [0.1, 0.15) is 19.4 Å². The zero-order valence-electron chi connectivity index (χ0n) is 14.5. The summed E-state index contributed by atoms with van der Waals surface area (Å²) in [6.45, 7) is 7.95. The van der Waals surface area contributed by atoms with E-state index in [2.05, 4.69) is 5.32 Å². The van der Waals surface area contributed by atoms with E-state index in [1.807, 2.05) is 45.0 Å². The number of aryl methyl sites for hydroxylation is 1. The molecule has 1 aromatic rings. The maximum absolute atomic E-state index is 12.5. The van der Waals surface area contributed by atoms with Crippen LogP contribution < -0.4 is 5.32 Å². The average molecular weight is 354 g/mol. The van der Waals surface area contributed by atoms with Crippen LogP contribution in [0, 0.1) is 6.92 Å². The Kier molecular flexibility index (Phi) is 6.20. The fraction of sp³-hybridized carbons (Fsp3) is 0.562. The molecule has 1 heterocycles. The number of hydrogen-bond donors (Lipinski definition) is 1. The summed E-state index contributed by atoms with van der Waals surface area (Å²) < 4.78 is 27.9. The van der Waals surface area contributed by atoms with Gasteiger partial charge in [0.2, 0.25) is 0 Å². The highest BCUT2D eigenvalue weighted by Gasteiger charge is 2.32. The molecule has 0 spiro atoms. The van der Waals surface area contributed by atoms with E-state index in [4.69, 9.17) is 0 Å². The molecule has 0 aliphatic carbocycles. The van der Waals surface area contributed by atoms with Gasteiger partial charge in [-0.1, -0.05) is 31.5 Å². The Morgan fingerprint density at radius 1 is 1.08 bits per heavy atom. The molecule has 0 atom stereocenters. The Balaban J connectivity index is 1.92. The predicted octanol–water partition coefficient (Wildman–Crippen LogP) is 1.73. The lowest BCUT2D eigenvalue weighted by Gasteiger charge is -2.36. The molecule has 0 aromatic heterocycles. The van der Waals surface area contributed by atoms with Crippen LogP contribution in [0.15, 0.2) is 24.3 Å². The van der Waals surface area contributed by atoms with Crippen LogP contribution in [0.3, 0.4) is 0 Å². The molecule has 1 N–H and O–H groups in total. The van der Waals surface area contributed by atoms with Gasteiger partial charge in [-0.25, -0.2) is 4.79 Å². The first-order valence-electron chi connectivity index (χ1n) is 8.26. The molecule has 24 heavy (non-hydrogen) atoms. The molecular weight excluding hydrogens is 328 g/mol. The molecule has 2 amide bonds. The second kappa shape index (κ2) is 7.96. The van der Waals surface area contributed by atoms with Crippen molar-refractivity contribution in [3.8, 4) is 0 Å². The monoisotopic (exact) mass is 354 g/mol. The third-order valence-corrected chi connectivity index (χ3v) is 6.37. The lowest BCUT2D eigenvalue weighted by Crippen LogP contribution is -2.54. The Morgan fingerprint density at radius 3 is 2.12 bits per heavy atom. The van der Waals surface area contributed by atoms with Crippen molar-refractivity contribution in [2.75, 3.05) is 44.6 Å². The van der Waals surface area contributed by atoms with E-state index in [0.29, 0.717) is 39.3 Å². The summed E-state index contributed by atoms with van der Waals surface area (Å²) in [5.74, 6) is 0. The van der Waals surface area contributed by atoms with Crippen molar-refractivity contribution in [3.63, 3.8) is 0 Å². The van der Waals surface area contributed by atoms with Gasteiger partial charge in [0.15, 0.2) is 0 Å². The van der Waals surface area contributed by atoms with Crippen LogP contribution >= 0.6 is 0 Å². The van der Waals surface area contributed by atoms with Gasteiger partial charge in [0.1, 0.15) is 0 Å². The summed E-state index contributed by atoms with van der Waals surface area (Å²) in [6.07, 6.45) is 0. The molecule has 0 saturated carbocycles. The number of benzene rings is 1. The minimum Gasteiger partial charge on any atom is -0.322 e. The number of carbonyl (C=O) groups is 1. The van der Waals surface area contributed by atoms with Crippen LogP contribution in [0.4, 0.5) is 10.5 Å². The predicted molar refractivity (Wildman–Crippen MR) is 95.2 cm³/mol. The van der Waals surface area contributed by atoms with E-state index < -0.39 is 10.2 Å². The van der Waals surface area contributed by atoms with E-state index in [1.54, 1.807) is 4.90 Å². The molecule has 1 saturated heterocycles. The smallest absolute Gasteiger partial charge is 0.321 e. The van der Waals surface area contributed by atoms with Crippen LogP contribution in [0.5, 0.6) is 0 Å². The number of anilines is 1. The van der Waals surface area contributed by atoms with E-state index in [-0.39, 0.29) is 6.03 Å². The van der Waals surface area contributed by atoms with Crippen LogP contribution in [0.25, 0.3) is 0 Å². The molecule has 134 valence electrons. The van der Waals surface area contributed by atoms with Crippen LogP contribution in [-0.2, 0) is 10.2 Å². The summed E-state index contributed by atoms with van der Waals surface area (Å²) in [7, 11) is -3.43. The summed E-state index contributed by atoms with van der Waals surface area (Å²) in [4.78, 5) is 13.9. The zero-order chi connectivity index (χ0) is 17.7. The highest BCUT2D eigenvalue weighted by molar-refractivity contribution is 7.86. The summed E-state index contributed by atoms with van der Waals surface area (Å²) >= 11 is 0. The Bertz CT molecular complexity index is 648. The first kappa shape index (κ1) is 18.7. The summed E-state index contributed by atoms with van der Waals surface area (Å²) in [5, 5.41) is 2.85. The number of rotatable bonds is 5. The van der Waals surface area contributed by atoms with Crippen molar-refractivity contribution in [2.24, 2.45) is 0 Å². The highest BCUT2D eigenvalue weighted by Crippen LogP contribution is 2.14. The van der Waals surface area contributed by atoms with Crippen LogP contribution in [-0.4, -0.2) is 67.2 Å². The Morgan fingerprint density at radius 2 is 1.62 bits per heavy atom. The number of hydrogen-bond acceptors (Lipinski definition) is 3. The largest absolute Gasteiger partial charge is 0.322 e. The van der Waals surface area contributed by atoms with E-state index in [0.717, 1.165) is 11.3 Å². The molecular formula is C16H26N4O3S. The number of nitrogens with one attached hydrogen (secondary N) is 1. The fourth-order valence-electron chi connectivity index (χ4n) is 2.67. The molecule has 1 aliphatic heterocycles. The SMILES string of the molecule is CCN(CC)S(=O)(=O)N1CCN(C(=O)Nc2ccc(C)cc2)CC1. The Hall–Kier alpha value is -1.64. The fourth-order valence-corrected chi connectivity index (χ4v) is 4.28. The summed E-state index contributed by atoms with van der Waals surface area (Å²) in [5.41, 5.74) is 1.87. The normalized spacial score (nSPS) is 16.4. The standard InChI is InChI=1S/C16H26N4O3S/c1-4-19(5-2)24(22,23)20-12-10-18(11-13-20)16(21)17-15-8-6-14(3)7-9-15/h6-9H,4-5,10-13H2,1-3H3,(H,17,21). The van der Waals surface area contributed by atoms with E-state index in [1.165, 1.54) is 8.61 Å². The first-order valence-corrected chi connectivity index (χ1v) is 9.66. The molecule has 2 rings (SSSR count). The van der Waals surface area contributed by atoms with Crippen molar-refractivity contribution >= 4 is 21.9 Å². The quantitative estimate of drug-likeness (QED) is 0.875. The average Bonchev–Trinajstić information content (AvgIpc) is 2.58. The molecule has 1 aliphatic rings. The number of urea groups is 1. The van der Waals surface area contributed by atoms with Crippen molar-refractivity contribution in [2.45, 2.75) is 20.8 Å². The first-order chi connectivity index (χ1) is 11.4. The molecule has 8 heteroatoms. The molecule has 1 fully saturated rings. The topological polar surface area (TPSA) is 73.0 Å². The van der Waals surface area contributed by atoms with E-state index in [9.17, 15) is 13.2 Å². The summed E-state index contributed by atoms with van der Waals surface area (Å²) in [6, 6.07) is 7.38. The number of piperazine rings is 1. The molecule has 7 nitrogen and oxygen atoms in total. The Labute approximate surface area is 144 Å². The van der Waals surface area contributed by atoms with Gasteiger partial charge < -0.3 is 10.2 Å². The molecule has 0 bridgehead atoms. The van der Waals surface area contributed by atoms with E-state index >= 15 is 0 Å². The van der Waals surface area contributed by atoms with Crippen molar-refractivity contribution < 1.29 is 13.2 Å². The maximum atomic E-state index is 12.5. The van der Waals surface area contributed by atoms with Gasteiger partial charge >= 0.3 is 6.03 Å². The second-order valence-electron chi connectivity index (χ2n) is 5.77. The van der Waals surface area contributed by atoms with Crippen molar-refractivity contribution in [3.05, 3.63) is 29.8 Å². The van der Waals surface area contributed by atoms with Crippen LogP contribution in [0.2, 0.25) is 0 Å². The minimum atomic E-state index is -3.43. The minimum absolute atomic E-state index is 0.196. The third kappa shape index (κ3) is 4.25. The van der Waals surface area contributed by atoms with Gasteiger partial charge in [0, 0.05) is 45.0 Å². The van der Waals surface area contributed by atoms with Crippen molar-refractivity contribution in [1.29, 1.82) is 0 Å². The molecule has 1 aromatic carbocycles. The second-order valence-corrected chi connectivity index (χ2v) is 7.70. The lowest BCUT2D eigenvalue weighted by molar-refractivity contribution is 0.181. The number of carbonyl (C=O) groups excluding carboxylic acids is 1. The highest BCUT2D eigenvalue weighted by atomic mass is 32.2. The number of nitrogens with zero attached hydrogens (tertiary/aromatic N) is 3. The molecule has 0 unspecified atom stereocenters. The van der Waals surface area contributed by atoms with Gasteiger partial charge in [-0.2, -0.15) is 17.0 Å². The lowest BCUT2D eigenvalue weighted by atomic mass is 10.2. The third-order valence-electron chi connectivity index (χ3n) is 4.19. The van der Waals surface area contributed by atoms with Gasteiger partial charge in [-0.15, -0.1) is 0 Å². The van der Waals surface area contributed by atoms with Gasteiger partial charge in [0.05, 0.1) is 0 Å². The van der Waals surface area contributed by atoms with Gasteiger partial charge in [-0.05, 0) is 19.1 Å². The van der Waals surface area contributed by atoms with Gasteiger partial charge in [0.25, 0.3) is 10.2 Å². The zero-order valence-corrected chi connectivity index (χ0v) is 15.3.